The third kappa shape index (κ3) is 3.61. The Bertz CT molecular complexity index is 515. The van der Waals surface area contributed by atoms with E-state index in [2.05, 4.69) is 30.4 Å². The lowest BCUT2D eigenvalue weighted by atomic mass is 10.0. The molecule has 20 heavy (non-hydrogen) atoms. The zero-order valence-electron chi connectivity index (χ0n) is 11.8. The van der Waals surface area contributed by atoms with E-state index in [9.17, 15) is 10.1 Å². The van der Waals surface area contributed by atoms with Crippen molar-refractivity contribution in [2.45, 2.75) is 31.4 Å². The first-order chi connectivity index (χ1) is 9.51. The summed E-state index contributed by atoms with van der Waals surface area (Å²) < 4.78 is 0.0795. The first kappa shape index (κ1) is 16.2. The van der Waals surface area contributed by atoms with E-state index >= 15 is 0 Å². The van der Waals surface area contributed by atoms with E-state index in [1.54, 1.807) is 11.8 Å². The van der Waals surface area contributed by atoms with E-state index in [1.807, 2.05) is 6.07 Å². The average Bonchev–Trinajstić information content (AvgIpc) is 2.49. The number of rotatable bonds is 7. The second-order valence-electron chi connectivity index (χ2n) is 4.41. The van der Waals surface area contributed by atoms with Gasteiger partial charge in [-0.25, -0.2) is 4.98 Å². The summed E-state index contributed by atoms with van der Waals surface area (Å²) in [6, 6.07) is 3.19. The molecule has 0 unspecified atom stereocenters. The molecule has 108 valence electrons. The molecule has 0 aliphatic heterocycles. The van der Waals surface area contributed by atoms with Crippen LogP contribution in [0.3, 0.4) is 0 Å². The van der Waals surface area contributed by atoms with Crippen LogP contribution in [0.1, 0.15) is 32.3 Å². The minimum atomic E-state index is -0.554. The summed E-state index contributed by atoms with van der Waals surface area (Å²) in [5.74, 6) is 0.401. The molecule has 0 bridgehead atoms. The smallest absolute Gasteiger partial charge is 0.289 e. The molecule has 0 saturated carbocycles. The number of hydrogen-bond donors (Lipinski definition) is 1. The largest absolute Gasteiger partial charge is 0.368 e. The Kier molecular flexibility index (Phi) is 5.77. The first-order valence-electron chi connectivity index (χ1n) is 6.35. The van der Waals surface area contributed by atoms with E-state index in [0.29, 0.717) is 12.4 Å². The van der Waals surface area contributed by atoms with Gasteiger partial charge in [-0.1, -0.05) is 13.8 Å². The van der Waals surface area contributed by atoms with Crippen LogP contribution in [0.4, 0.5) is 11.5 Å². The molecule has 1 aromatic heterocycles. The summed E-state index contributed by atoms with van der Waals surface area (Å²) in [4.78, 5) is 14.1. The van der Waals surface area contributed by atoms with Crippen molar-refractivity contribution >= 4 is 23.3 Å². The summed E-state index contributed by atoms with van der Waals surface area (Å²) >= 11 is 1.78. The fourth-order valence-electron chi connectivity index (χ4n) is 1.89. The van der Waals surface area contributed by atoms with Crippen LogP contribution in [-0.4, -0.2) is 27.5 Å². The lowest BCUT2D eigenvalue weighted by molar-refractivity contribution is -0.385. The molecule has 0 aliphatic rings. The molecule has 0 amide bonds. The fraction of sp³-hybridized carbons (Fsp3) is 0.538. The van der Waals surface area contributed by atoms with Crippen molar-refractivity contribution in [2.24, 2.45) is 0 Å². The van der Waals surface area contributed by atoms with Crippen molar-refractivity contribution in [3.8, 4) is 6.07 Å². The molecule has 1 N–H and O–H groups in total. The molecule has 0 aliphatic carbocycles. The van der Waals surface area contributed by atoms with Gasteiger partial charge in [0.25, 0.3) is 5.69 Å². The molecule has 0 atom stereocenters. The van der Waals surface area contributed by atoms with Crippen LogP contribution in [0.15, 0.2) is 12.3 Å². The lowest BCUT2D eigenvalue weighted by Crippen LogP contribution is -2.32. The summed E-state index contributed by atoms with van der Waals surface area (Å²) in [6.07, 6.45) is 5.21. The molecule has 0 aromatic carbocycles. The highest BCUT2D eigenvalue weighted by Crippen LogP contribution is 2.31. The number of nitrogens with one attached hydrogen (secondary N) is 1. The van der Waals surface area contributed by atoms with Crippen LogP contribution >= 0.6 is 11.8 Å². The maximum atomic E-state index is 10.7. The highest BCUT2D eigenvalue weighted by molar-refractivity contribution is 8.00. The van der Waals surface area contributed by atoms with Gasteiger partial charge in [0.1, 0.15) is 23.6 Å². The van der Waals surface area contributed by atoms with Gasteiger partial charge in [-0.2, -0.15) is 17.0 Å². The topological polar surface area (TPSA) is 91.8 Å². The lowest BCUT2D eigenvalue weighted by Gasteiger charge is -2.30. The van der Waals surface area contributed by atoms with Gasteiger partial charge in [0.05, 0.1) is 4.92 Å². The monoisotopic (exact) mass is 294 g/mol. The molecule has 0 radical (unpaired) electrons. The van der Waals surface area contributed by atoms with Gasteiger partial charge in [0, 0.05) is 17.4 Å². The van der Waals surface area contributed by atoms with Gasteiger partial charge in [-0.05, 0) is 19.1 Å². The quantitative estimate of drug-likeness (QED) is 0.613. The summed E-state index contributed by atoms with van der Waals surface area (Å²) in [5, 5.41) is 22.9. The van der Waals surface area contributed by atoms with E-state index < -0.39 is 4.92 Å². The zero-order valence-corrected chi connectivity index (χ0v) is 12.7. The van der Waals surface area contributed by atoms with E-state index in [-0.39, 0.29) is 16.0 Å². The van der Waals surface area contributed by atoms with Crippen LogP contribution in [0.2, 0.25) is 0 Å². The minimum absolute atomic E-state index is 0.0795. The summed E-state index contributed by atoms with van der Waals surface area (Å²) in [5.41, 5.74) is 0.0237. The SMILES string of the molecule is CCC(CC)(CNc1ncc([N+](=O)[O-])cc1C#N)SC. The Balaban J connectivity index is 2.93. The average molecular weight is 294 g/mol. The van der Waals surface area contributed by atoms with Crippen LogP contribution in [0.25, 0.3) is 0 Å². The summed E-state index contributed by atoms with van der Waals surface area (Å²) in [6.45, 7) is 4.91. The number of nitro groups is 1. The molecular formula is C13H18N4O2S. The number of hydrogen-bond acceptors (Lipinski definition) is 6. The van der Waals surface area contributed by atoms with Crippen molar-refractivity contribution in [2.75, 3.05) is 18.1 Å². The van der Waals surface area contributed by atoms with Crippen molar-refractivity contribution in [3.63, 3.8) is 0 Å². The zero-order chi connectivity index (χ0) is 15.2. The third-order valence-electron chi connectivity index (χ3n) is 3.50. The molecule has 1 aromatic rings. The summed E-state index contributed by atoms with van der Waals surface area (Å²) in [7, 11) is 0. The van der Waals surface area contributed by atoms with Crippen molar-refractivity contribution in [1.82, 2.24) is 4.98 Å². The highest BCUT2D eigenvalue weighted by Gasteiger charge is 2.25. The standard InChI is InChI=1S/C13H18N4O2S/c1-4-13(5-2,20-3)9-16-12-10(7-14)6-11(8-15-12)17(18)19/h6,8H,4-5,9H2,1-3H3,(H,15,16). The molecule has 1 rings (SSSR count). The van der Waals surface area contributed by atoms with Crippen molar-refractivity contribution in [1.29, 1.82) is 5.26 Å². The molecule has 7 heteroatoms. The van der Waals surface area contributed by atoms with Gasteiger partial charge in [-0.15, -0.1) is 0 Å². The van der Waals surface area contributed by atoms with E-state index in [1.165, 1.54) is 12.3 Å². The van der Waals surface area contributed by atoms with Crippen LogP contribution in [-0.2, 0) is 0 Å². The third-order valence-corrected chi connectivity index (χ3v) is 5.09. The normalized spacial score (nSPS) is 10.9. The van der Waals surface area contributed by atoms with Gasteiger partial charge in [-0.3, -0.25) is 10.1 Å². The number of pyridine rings is 1. The molecule has 0 fully saturated rings. The number of aromatic nitrogens is 1. The first-order valence-corrected chi connectivity index (χ1v) is 7.58. The Morgan fingerprint density at radius 1 is 1.55 bits per heavy atom. The maximum absolute atomic E-state index is 10.7. The Labute approximate surface area is 122 Å². The Hall–Kier alpha value is -1.81. The fourth-order valence-corrected chi connectivity index (χ4v) is 2.68. The second kappa shape index (κ2) is 7.10. The molecule has 1 heterocycles. The highest BCUT2D eigenvalue weighted by atomic mass is 32.2. The number of anilines is 1. The maximum Gasteiger partial charge on any atom is 0.289 e. The minimum Gasteiger partial charge on any atom is -0.368 e. The molecule has 6 nitrogen and oxygen atoms in total. The van der Waals surface area contributed by atoms with Gasteiger partial charge < -0.3 is 5.32 Å². The predicted molar refractivity (Wildman–Crippen MR) is 80.9 cm³/mol. The van der Waals surface area contributed by atoms with Gasteiger partial charge in [0.2, 0.25) is 0 Å². The van der Waals surface area contributed by atoms with Gasteiger partial charge in [0.15, 0.2) is 0 Å². The van der Waals surface area contributed by atoms with E-state index in [4.69, 9.17) is 5.26 Å². The second-order valence-corrected chi connectivity index (χ2v) is 5.68. The van der Waals surface area contributed by atoms with E-state index in [0.717, 1.165) is 12.8 Å². The van der Waals surface area contributed by atoms with Crippen LogP contribution in [0.5, 0.6) is 0 Å². The van der Waals surface area contributed by atoms with Crippen LogP contribution in [0, 0.1) is 21.4 Å². The Morgan fingerprint density at radius 3 is 2.65 bits per heavy atom. The Morgan fingerprint density at radius 2 is 2.20 bits per heavy atom. The van der Waals surface area contributed by atoms with Gasteiger partial charge >= 0.3 is 0 Å². The molecule has 0 spiro atoms. The van der Waals surface area contributed by atoms with Crippen LogP contribution < -0.4 is 5.32 Å². The number of nitriles is 1. The molecule has 0 saturated heterocycles. The number of nitrogens with zero attached hydrogens (tertiary/aromatic N) is 3. The van der Waals surface area contributed by atoms with Crippen molar-refractivity contribution in [3.05, 3.63) is 27.9 Å². The number of thioether (sulfide) groups is 1. The van der Waals surface area contributed by atoms with Crippen molar-refractivity contribution < 1.29 is 4.92 Å². The predicted octanol–water partition coefficient (Wildman–Crippen LogP) is 3.20. The molecular weight excluding hydrogens is 276 g/mol.